The van der Waals surface area contributed by atoms with Crippen LogP contribution in [0.5, 0.6) is 0 Å². The van der Waals surface area contributed by atoms with Crippen LogP contribution in [0.15, 0.2) is 97.1 Å². The molecule has 248 valence electrons. The van der Waals surface area contributed by atoms with Crippen LogP contribution in [0.2, 0.25) is 0 Å². The van der Waals surface area contributed by atoms with E-state index in [1.54, 1.807) is 12.1 Å². The maximum atomic E-state index is 14.0. The summed E-state index contributed by atoms with van der Waals surface area (Å²) in [5.74, 6) is -1.27. The standard InChI is InChI=1S/C41H43NO5S/c1-28-24-35(36-26-33-8-5-6-9-34(33)27-36)19-20-38(28)42-40(44)37(31-15-11-29(12-16-31)21-22-41(2,3)4)25-30-13-17-32(18-14-30)39(43)10-7-23-48(45,46)47/h5-6,8-9,11-22,24,26,37H,7,10,23,25,27H2,1-4H3,(H,42,44)(H,45,46,47)/b22-21+. The van der Waals surface area contributed by atoms with Crippen LogP contribution in [-0.4, -0.2) is 30.4 Å². The van der Waals surface area contributed by atoms with Crippen molar-refractivity contribution < 1.29 is 22.6 Å². The Bertz CT molecular complexity index is 1960. The molecule has 7 heteroatoms. The lowest BCUT2D eigenvalue weighted by Crippen LogP contribution is -2.23. The number of aryl methyl sites for hydroxylation is 1. The number of carbonyl (C=O) groups excluding carboxylic acids is 2. The first kappa shape index (κ1) is 34.7. The van der Waals surface area contributed by atoms with Gasteiger partial charge in [-0.2, -0.15) is 8.42 Å². The molecule has 48 heavy (non-hydrogen) atoms. The van der Waals surface area contributed by atoms with Crippen molar-refractivity contribution in [2.75, 3.05) is 11.1 Å². The van der Waals surface area contributed by atoms with E-state index in [1.807, 2.05) is 49.4 Å². The van der Waals surface area contributed by atoms with E-state index in [2.05, 4.69) is 80.7 Å². The zero-order chi connectivity index (χ0) is 34.5. The van der Waals surface area contributed by atoms with Crippen LogP contribution in [0.25, 0.3) is 17.7 Å². The van der Waals surface area contributed by atoms with Crippen LogP contribution in [0, 0.1) is 12.3 Å². The van der Waals surface area contributed by atoms with E-state index in [0.29, 0.717) is 12.0 Å². The van der Waals surface area contributed by atoms with Crippen molar-refractivity contribution in [1.82, 2.24) is 0 Å². The van der Waals surface area contributed by atoms with Crippen molar-refractivity contribution in [2.45, 2.75) is 59.3 Å². The second-order valence-corrected chi connectivity index (χ2v) is 15.3. The lowest BCUT2D eigenvalue weighted by atomic mass is 9.89. The number of fused-ring (bicyclic) bond motifs is 1. The van der Waals surface area contributed by atoms with E-state index >= 15 is 0 Å². The molecule has 4 aromatic carbocycles. The van der Waals surface area contributed by atoms with Gasteiger partial charge in [-0.15, -0.1) is 0 Å². The fraction of sp³-hybridized carbons (Fsp3) is 0.268. The van der Waals surface area contributed by atoms with Crippen molar-refractivity contribution >= 4 is 45.2 Å². The molecule has 5 rings (SSSR count). The van der Waals surface area contributed by atoms with Gasteiger partial charge in [0.2, 0.25) is 5.91 Å². The molecule has 0 saturated heterocycles. The van der Waals surface area contributed by atoms with Gasteiger partial charge in [0, 0.05) is 17.7 Å². The monoisotopic (exact) mass is 661 g/mol. The third-order valence-electron chi connectivity index (χ3n) is 8.57. The van der Waals surface area contributed by atoms with Crippen molar-refractivity contribution in [3.63, 3.8) is 0 Å². The molecule has 0 aromatic heterocycles. The molecule has 6 nitrogen and oxygen atoms in total. The smallest absolute Gasteiger partial charge is 0.264 e. The molecule has 1 aliphatic carbocycles. The molecule has 4 aromatic rings. The predicted octanol–water partition coefficient (Wildman–Crippen LogP) is 8.97. The predicted molar refractivity (Wildman–Crippen MR) is 196 cm³/mol. The van der Waals surface area contributed by atoms with E-state index in [0.717, 1.165) is 39.9 Å². The fourth-order valence-electron chi connectivity index (χ4n) is 5.86. The average molecular weight is 662 g/mol. The second kappa shape index (κ2) is 14.7. The van der Waals surface area contributed by atoms with E-state index in [-0.39, 0.29) is 29.9 Å². The van der Waals surface area contributed by atoms with Crippen LogP contribution in [0.1, 0.15) is 88.8 Å². The SMILES string of the molecule is Cc1cc(C2=Cc3ccccc3C2)ccc1NC(=O)C(Cc1ccc(C(=O)CCCS(=O)(=O)O)cc1)c1ccc(/C=C/C(C)(C)C)cc1. The van der Waals surface area contributed by atoms with Gasteiger partial charge < -0.3 is 5.32 Å². The van der Waals surface area contributed by atoms with Crippen LogP contribution in [-0.2, 0) is 27.8 Å². The normalized spacial score (nSPS) is 13.6. The van der Waals surface area contributed by atoms with Gasteiger partial charge in [-0.05, 0) is 88.3 Å². The summed E-state index contributed by atoms with van der Waals surface area (Å²) in [5, 5.41) is 3.19. The highest BCUT2D eigenvalue weighted by Gasteiger charge is 2.23. The van der Waals surface area contributed by atoms with Crippen LogP contribution in [0.3, 0.4) is 0 Å². The molecule has 1 atom stereocenters. The molecule has 0 saturated carbocycles. The number of hydrogen-bond acceptors (Lipinski definition) is 4. The minimum Gasteiger partial charge on any atom is -0.325 e. The fourth-order valence-corrected chi connectivity index (χ4v) is 6.37. The minimum atomic E-state index is -4.11. The van der Waals surface area contributed by atoms with Gasteiger partial charge in [-0.1, -0.05) is 118 Å². The first-order valence-electron chi connectivity index (χ1n) is 16.3. The van der Waals surface area contributed by atoms with E-state index < -0.39 is 21.8 Å². The summed E-state index contributed by atoms with van der Waals surface area (Å²) in [6.45, 7) is 8.46. The van der Waals surface area contributed by atoms with Crippen molar-refractivity contribution in [3.8, 4) is 0 Å². The quantitative estimate of drug-likeness (QED) is 0.117. The highest BCUT2D eigenvalue weighted by molar-refractivity contribution is 7.85. The summed E-state index contributed by atoms with van der Waals surface area (Å²) in [4.78, 5) is 26.6. The average Bonchev–Trinajstić information content (AvgIpc) is 3.48. The highest BCUT2D eigenvalue weighted by atomic mass is 32.2. The number of allylic oxidation sites excluding steroid dienone is 2. The molecular formula is C41H43NO5S. The number of amides is 1. The first-order chi connectivity index (χ1) is 22.7. The number of ketones is 1. The van der Waals surface area contributed by atoms with Crippen LogP contribution in [0.4, 0.5) is 5.69 Å². The Morgan fingerprint density at radius 1 is 0.938 bits per heavy atom. The van der Waals surface area contributed by atoms with E-state index in [1.165, 1.54) is 16.7 Å². The molecule has 0 aliphatic heterocycles. The molecule has 0 radical (unpaired) electrons. The summed E-state index contributed by atoms with van der Waals surface area (Å²) < 4.78 is 31.0. The first-order valence-corrected chi connectivity index (χ1v) is 17.9. The summed E-state index contributed by atoms with van der Waals surface area (Å²) in [6, 6.07) is 29.7. The van der Waals surface area contributed by atoms with E-state index in [9.17, 15) is 18.0 Å². The van der Waals surface area contributed by atoms with E-state index in [4.69, 9.17) is 4.55 Å². The lowest BCUT2D eigenvalue weighted by Gasteiger charge is -2.19. The number of anilines is 1. The number of rotatable bonds is 12. The van der Waals surface area contributed by atoms with Crippen molar-refractivity contribution in [2.24, 2.45) is 5.41 Å². The number of benzene rings is 4. The van der Waals surface area contributed by atoms with Gasteiger partial charge >= 0.3 is 0 Å². The molecule has 0 heterocycles. The van der Waals surface area contributed by atoms with Gasteiger partial charge in [0.05, 0.1) is 11.7 Å². The number of nitrogens with one attached hydrogen (secondary N) is 1. The molecular weight excluding hydrogens is 619 g/mol. The lowest BCUT2D eigenvalue weighted by molar-refractivity contribution is -0.117. The van der Waals surface area contributed by atoms with Crippen molar-refractivity contribution in [3.05, 3.63) is 142 Å². The molecule has 1 aliphatic rings. The third-order valence-corrected chi connectivity index (χ3v) is 9.38. The molecule has 0 fully saturated rings. The Hall–Kier alpha value is -4.59. The number of carbonyl (C=O) groups is 2. The zero-order valence-corrected chi connectivity index (χ0v) is 28.8. The maximum Gasteiger partial charge on any atom is 0.264 e. The number of hydrogen-bond donors (Lipinski definition) is 2. The van der Waals surface area contributed by atoms with Crippen LogP contribution < -0.4 is 5.32 Å². The second-order valence-electron chi connectivity index (χ2n) is 13.7. The Kier molecular flexibility index (Phi) is 10.6. The molecule has 2 N–H and O–H groups in total. The maximum absolute atomic E-state index is 14.0. The van der Waals surface area contributed by atoms with Gasteiger partial charge in [0.1, 0.15) is 0 Å². The molecule has 1 amide bonds. The summed E-state index contributed by atoms with van der Waals surface area (Å²) >= 11 is 0. The Labute approximate surface area is 284 Å². The Balaban J connectivity index is 1.34. The zero-order valence-electron chi connectivity index (χ0n) is 28.0. The summed E-state index contributed by atoms with van der Waals surface area (Å²) in [5.41, 5.74) is 10.1. The van der Waals surface area contributed by atoms with Gasteiger partial charge in [0.15, 0.2) is 5.78 Å². The van der Waals surface area contributed by atoms with Crippen LogP contribution >= 0.6 is 0 Å². The topological polar surface area (TPSA) is 101 Å². The molecule has 0 spiro atoms. The van der Waals surface area contributed by atoms with Crippen molar-refractivity contribution in [1.29, 1.82) is 0 Å². The minimum absolute atomic E-state index is 0.0164. The largest absolute Gasteiger partial charge is 0.325 e. The molecule has 0 bridgehead atoms. The summed E-state index contributed by atoms with van der Waals surface area (Å²) in [6.07, 6.45) is 7.86. The molecule has 1 unspecified atom stereocenters. The van der Waals surface area contributed by atoms with Gasteiger partial charge in [0.25, 0.3) is 10.1 Å². The Morgan fingerprint density at radius 2 is 1.65 bits per heavy atom. The summed E-state index contributed by atoms with van der Waals surface area (Å²) in [7, 11) is -4.11. The highest BCUT2D eigenvalue weighted by Crippen LogP contribution is 2.33. The van der Waals surface area contributed by atoms with Gasteiger partial charge in [-0.25, -0.2) is 0 Å². The third kappa shape index (κ3) is 9.49. The number of Topliss-reactive ketones (excluding diaryl/α,β-unsaturated/α-hetero) is 1. The Morgan fingerprint density at radius 3 is 2.29 bits per heavy atom. The van der Waals surface area contributed by atoms with Gasteiger partial charge in [-0.3, -0.25) is 14.1 Å².